The fraction of sp³-hybridized carbons (Fsp3) is 0.778. The van der Waals surface area contributed by atoms with Gasteiger partial charge in [0.15, 0.2) is 0 Å². The van der Waals surface area contributed by atoms with Crippen molar-refractivity contribution in [1.82, 2.24) is 20.0 Å². The van der Waals surface area contributed by atoms with Crippen LogP contribution in [0.4, 0.5) is 0 Å². The Morgan fingerprint density at radius 1 is 1.07 bits per heavy atom. The molecule has 1 heterocycles. The number of nitrogens with zero attached hydrogens (tertiary/aromatic N) is 3. The first-order valence-electron chi connectivity index (χ1n) is 9.14. The van der Waals surface area contributed by atoms with Crippen LogP contribution in [0.25, 0.3) is 0 Å². The maximum absolute atomic E-state index is 12.8. The molecule has 0 bridgehead atoms. The van der Waals surface area contributed by atoms with Gasteiger partial charge in [-0.15, -0.1) is 0 Å². The molecule has 154 valence electrons. The Morgan fingerprint density at radius 2 is 1.67 bits per heavy atom. The summed E-state index contributed by atoms with van der Waals surface area (Å²) in [5.41, 5.74) is 0. The summed E-state index contributed by atoms with van der Waals surface area (Å²) in [4.78, 5) is 53.9. The first-order chi connectivity index (χ1) is 12.5. The summed E-state index contributed by atoms with van der Waals surface area (Å²) in [6.07, 6.45) is 1.27. The summed E-state index contributed by atoms with van der Waals surface area (Å²) in [7, 11) is 6.36. The second kappa shape index (κ2) is 9.68. The zero-order valence-electron chi connectivity index (χ0n) is 17.3. The van der Waals surface area contributed by atoms with Gasteiger partial charge in [0.1, 0.15) is 18.1 Å². The summed E-state index contributed by atoms with van der Waals surface area (Å²) < 4.78 is 4.76. The van der Waals surface area contributed by atoms with Crippen LogP contribution in [-0.4, -0.2) is 97.4 Å². The first-order valence-corrected chi connectivity index (χ1v) is 9.14. The first kappa shape index (κ1) is 22.9. The van der Waals surface area contributed by atoms with Gasteiger partial charge in [0.2, 0.25) is 17.7 Å². The van der Waals surface area contributed by atoms with Crippen LogP contribution in [0.1, 0.15) is 33.6 Å². The van der Waals surface area contributed by atoms with Crippen LogP contribution < -0.4 is 5.32 Å². The van der Waals surface area contributed by atoms with E-state index in [0.29, 0.717) is 19.4 Å². The van der Waals surface area contributed by atoms with Crippen LogP contribution >= 0.6 is 0 Å². The molecule has 1 aliphatic rings. The fourth-order valence-electron chi connectivity index (χ4n) is 2.94. The molecular formula is C18H32N4O5. The van der Waals surface area contributed by atoms with Gasteiger partial charge in [0.05, 0.1) is 13.2 Å². The SMILES string of the molecule is COC(=O)C1CCCN1C(=O)C(C)N(C)C(=O)C(C)NC(=O)C(C)N(C)C. The summed E-state index contributed by atoms with van der Waals surface area (Å²) in [5.74, 6) is -1.39. The zero-order valence-corrected chi connectivity index (χ0v) is 17.3. The third-order valence-electron chi connectivity index (χ3n) is 5.18. The molecule has 1 rings (SSSR count). The lowest BCUT2D eigenvalue weighted by Gasteiger charge is -2.32. The van der Waals surface area contributed by atoms with E-state index in [1.165, 1.54) is 24.0 Å². The van der Waals surface area contributed by atoms with E-state index >= 15 is 0 Å². The van der Waals surface area contributed by atoms with Gasteiger partial charge in [-0.25, -0.2) is 4.79 Å². The number of methoxy groups -OCH3 is 1. The van der Waals surface area contributed by atoms with Gasteiger partial charge in [-0.3, -0.25) is 19.3 Å². The highest BCUT2D eigenvalue weighted by atomic mass is 16.5. The molecule has 9 heteroatoms. The Labute approximate surface area is 161 Å². The Morgan fingerprint density at radius 3 is 2.19 bits per heavy atom. The Hall–Kier alpha value is -2.16. The van der Waals surface area contributed by atoms with Crippen molar-refractivity contribution < 1.29 is 23.9 Å². The number of carbonyl (C=O) groups is 4. The van der Waals surface area contributed by atoms with Gasteiger partial charge in [-0.1, -0.05) is 0 Å². The maximum Gasteiger partial charge on any atom is 0.328 e. The highest BCUT2D eigenvalue weighted by Crippen LogP contribution is 2.20. The quantitative estimate of drug-likeness (QED) is 0.592. The predicted molar refractivity (Wildman–Crippen MR) is 99.7 cm³/mol. The normalized spacial score (nSPS) is 20.0. The van der Waals surface area contributed by atoms with Crippen LogP contribution in [0, 0.1) is 0 Å². The molecule has 0 aromatic carbocycles. The summed E-state index contributed by atoms with van der Waals surface area (Å²) in [5, 5.41) is 2.67. The van der Waals surface area contributed by atoms with E-state index in [4.69, 9.17) is 4.74 Å². The number of amides is 3. The average molecular weight is 384 g/mol. The fourth-order valence-corrected chi connectivity index (χ4v) is 2.94. The van der Waals surface area contributed by atoms with E-state index in [2.05, 4.69) is 5.32 Å². The average Bonchev–Trinajstić information content (AvgIpc) is 3.13. The van der Waals surface area contributed by atoms with Crippen LogP contribution in [0.15, 0.2) is 0 Å². The van der Waals surface area contributed by atoms with Crippen LogP contribution in [0.2, 0.25) is 0 Å². The molecular weight excluding hydrogens is 352 g/mol. The van der Waals surface area contributed by atoms with E-state index in [-0.39, 0.29) is 23.8 Å². The summed E-state index contributed by atoms with van der Waals surface area (Å²) in [6.45, 7) is 5.40. The van der Waals surface area contributed by atoms with Gasteiger partial charge in [-0.05, 0) is 47.7 Å². The van der Waals surface area contributed by atoms with E-state index in [1.807, 2.05) is 0 Å². The van der Waals surface area contributed by atoms with Gasteiger partial charge < -0.3 is 19.9 Å². The smallest absolute Gasteiger partial charge is 0.328 e. The van der Waals surface area contributed by atoms with Crippen molar-refractivity contribution in [2.75, 3.05) is 34.8 Å². The zero-order chi connectivity index (χ0) is 20.9. The molecule has 4 atom stereocenters. The van der Waals surface area contributed by atoms with Crippen molar-refractivity contribution >= 4 is 23.7 Å². The lowest BCUT2D eigenvalue weighted by atomic mass is 10.1. The largest absolute Gasteiger partial charge is 0.467 e. The number of likely N-dealkylation sites (N-methyl/N-ethyl adjacent to an activating group) is 2. The molecule has 1 aliphatic heterocycles. The molecule has 4 unspecified atom stereocenters. The van der Waals surface area contributed by atoms with Crippen molar-refractivity contribution in [3.05, 3.63) is 0 Å². The molecule has 3 amide bonds. The topological polar surface area (TPSA) is 99.3 Å². The van der Waals surface area contributed by atoms with E-state index in [1.54, 1.807) is 39.8 Å². The summed E-state index contributed by atoms with van der Waals surface area (Å²) >= 11 is 0. The highest BCUT2D eigenvalue weighted by molar-refractivity contribution is 5.93. The number of esters is 1. The third-order valence-corrected chi connectivity index (χ3v) is 5.18. The molecule has 0 aliphatic carbocycles. The molecule has 1 N–H and O–H groups in total. The second-order valence-corrected chi connectivity index (χ2v) is 7.21. The maximum atomic E-state index is 12.8. The highest BCUT2D eigenvalue weighted by Gasteiger charge is 2.38. The van der Waals surface area contributed by atoms with Gasteiger partial charge in [-0.2, -0.15) is 0 Å². The predicted octanol–water partition coefficient (Wildman–Crippen LogP) is -0.548. The number of hydrogen-bond acceptors (Lipinski definition) is 6. The Balaban J connectivity index is 2.74. The van der Waals surface area contributed by atoms with Crippen molar-refractivity contribution in [3.63, 3.8) is 0 Å². The number of nitrogens with one attached hydrogen (secondary N) is 1. The number of carbonyl (C=O) groups excluding carboxylic acids is 4. The molecule has 0 aromatic heterocycles. The van der Waals surface area contributed by atoms with Crippen molar-refractivity contribution in [3.8, 4) is 0 Å². The number of rotatable bonds is 7. The van der Waals surface area contributed by atoms with Crippen molar-refractivity contribution in [2.24, 2.45) is 0 Å². The van der Waals surface area contributed by atoms with E-state index in [9.17, 15) is 19.2 Å². The molecule has 0 spiro atoms. The minimum atomic E-state index is -0.768. The standard InChI is InChI=1S/C18H32N4O5/c1-11(19-15(23)12(2)20(4)5)16(24)21(6)13(3)17(25)22-10-8-9-14(22)18(26)27-7/h11-14H,8-10H2,1-7H3,(H,19,23). The minimum absolute atomic E-state index is 0.265. The lowest BCUT2D eigenvalue weighted by Crippen LogP contribution is -2.56. The second-order valence-electron chi connectivity index (χ2n) is 7.21. The number of ether oxygens (including phenoxy) is 1. The Kier molecular flexibility index (Phi) is 8.20. The number of hydrogen-bond donors (Lipinski definition) is 1. The molecule has 9 nitrogen and oxygen atoms in total. The van der Waals surface area contributed by atoms with Gasteiger partial charge in [0, 0.05) is 13.6 Å². The van der Waals surface area contributed by atoms with Crippen molar-refractivity contribution in [1.29, 1.82) is 0 Å². The van der Waals surface area contributed by atoms with Crippen LogP contribution in [0.5, 0.6) is 0 Å². The van der Waals surface area contributed by atoms with E-state index in [0.717, 1.165) is 0 Å². The van der Waals surface area contributed by atoms with E-state index < -0.39 is 24.1 Å². The van der Waals surface area contributed by atoms with Crippen LogP contribution in [0.3, 0.4) is 0 Å². The molecule has 1 fully saturated rings. The molecule has 0 radical (unpaired) electrons. The van der Waals surface area contributed by atoms with Gasteiger partial charge >= 0.3 is 5.97 Å². The van der Waals surface area contributed by atoms with Crippen LogP contribution in [-0.2, 0) is 23.9 Å². The number of likely N-dealkylation sites (tertiary alicyclic amines) is 1. The minimum Gasteiger partial charge on any atom is -0.467 e. The molecule has 0 aromatic rings. The Bertz CT molecular complexity index is 580. The lowest BCUT2D eigenvalue weighted by molar-refractivity contribution is -0.154. The summed E-state index contributed by atoms with van der Waals surface area (Å²) in [6, 6.07) is -2.51. The molecule has 27 heavy (non-hydrogen) atoms. The van der Waals surface area contributed by atoms with Crippen molar-refractivity contribution in [2.45, 2.75) is 57.8 Å². The third kappa shape index (κ3) is 5.41. The molecule has 0 saturated carbocycles. The molecule has 1 saturated heterocycles. The van der Waals surface area contributed by atoms with Gasteiger partial charge in [0.25, 0.3) is 0 Å². The monoisotopic (exact) mass is 384 g/mol.